The van der Waals surface area contributed by atoms with Crippen molar-refractivity contribution in [3.8, 4) is 5.75 Å². The number of nitrogens with one attached hydrogen (secondary N) is 1. The summed E-state index contributed by atoms with van der Waals surface area (Å²) in [5, 5.41) is 3.35. The van der Waals surface area contributed by atoms with E-state index in [1.54, 1.807) is 0 Å². The summed E-state index contributed by atoms with van der Waals surface area (Å²) in [6.45, 7) is 11.9. The van der Waals surface area contributed by atoms with Gasteiger partial charge >= 0.3 is 0 Å². The van der Waals surface area contributed by atoms with Gasteiger partial charge in [-0.2, -0.15) is 0 Å². The molecule has 118 valence electrons. The van der Waals surface area contributed by atoms with Crippen LogP contribution in [-0.2, 0) is 11.3 Å². The van der Waals surface area contributed by atoms with Crippen LogP contribution in [0.3, 0.4) is 0 Å². The van der Waals surface area contributed by atoms with Crippen molar-refractivity contribution in [1.29, 1.82) is 0 Å². The van der Waals surface area contributed by atoms with Crippen LogP contribution >= 0.6 is 0 Å². The number of hydrogen-bond acceptors (Lipinski definition) is 4. The number of hydrogen-bond donors (Lipinski definition) is 1. The van der Waals surface area contributed by atoms with E-state index in [2.05, 4.69) is 49.2 Å². The summed E-state index contributed by atoms with van der Waals surface area (Å²) in [5.74, 6) is 0.993. The van der Waals surface area contributed by atoms with E-state index < -0.39 is 0 Å². The molecule has 1 fully saturated rings. The second-order valence-electron chi connectivity index (χ2n) is 5.75. The lowest BCUT2D eigenvalue weighted by atomic mass is 10.2. The quantitative estimate of drug-likeness (QED) is 0.836. The summed E-state index contributed by atoms with van der Waals surface area (Å²) < 4.78 is 11.7. The molecule has 1 heterocycles. The van der Waals surface area contributed by atoms with Gasteiger partial charge in [-0.1, -0.05) is 25.1 Å². The molecular formula is C17H28N2O2. The molecule has 21 heavy (non-hydrogen) atoms. The van der Waals surface area contributed by atoms with Crippen LogP contribution in [0.25, 0.3) is 0 Å². The Kier molecular flexibility index (Phi) is 6.49. The van der Waals surface area contributed by atoms with Gasteiger partial charge in [0.25, 0.3) is 0 Å². The van der Waals surface area contributed by atoms with Crippen LogP contribution in [-0.4, -0.2) is 49.9 Å². The monoisotopic (exact) mass is 292 g/mol. The third kappa shape index (κ3) is 5.30. The highest BCUT2D eigenvalue weighted by atomic mass is 16.5. The van der Waals surface area contributed by atoms with Crippen molar-refractivity contribution < 1.29 is 9.47 Å². The van der Waals surface area contributed by atoms with E-state index in [-0.39, 0.29) is 0 Å². The summed E-state index contributed by atoms with van der Waals surface area (Å²) in [7, 11) is 0. The van der Waals surface area contributed by atoms with Crippen molar-refractivity contribution in [2.45, 2.75) is 39.5 Å². The minimum absolute atomic E-state index is 0.315. The number of benzene rings is 1. The first-order chi connectivity index (χ1) is 10.2. The molecule has 2 atom stereocenters. The highest BCUT2D eigenvalue weighted by Gasteiger charge is 2.21. The number of rotatable bonds is 7. The van der Waals surface area contributed by atoms with Gasteiger partial charge in [-0.05, 0) is 26.5 Å². The van der Waals surface area contributed by atoms with Gasteiger partial charge in [-0.3, -0.25) is 4.90 Å². The second kappa shape index (κ2) is 8.37. The van der Waals surface area contributed by atoms with E-state index in [4.69, 9.17) is 9.47 Å². The predicted molar refractivity (Wildman–Crippen MR) is 85.8 cm³/mol. The Labute approximate surface area is 128 Å². The van der Waals surface area contributed by atoms with Crippen molar-refractivity contribution in [2.75, 3.05) is 32.8 Å². The smallest absolute Gasteiger partial charge is 0.123 e. The SMILES string of the molecule is CCNCc1ccccc1OCCN1C[C@@H](C)O[C@@H](C)C1. The first-order valence-electron chi connectivity index (χ1n) is 7.98. The number of ether oxygens (including phenoxy) is 2. The maximum atomic E-state index is 5.98. The standard InChI is InChI=1S/C17H28N2O2/c1-4-18-11-16-7-5-6-8-17(16)20-10-9-19-12-14(2)21-15(3)13-19/h5-8,14-15,18H,4,9-13H2,1-3H3/t14-,15+. The van der Waals surface area contributed by atoms with Crippen LogP contribution in [0.15, 0.2) is 24.3 Å². The van der Waals surface area contributed by atoms with E-state index >= 15 is 0 Å². The Hall–Kier alpha value is -1.10. The molecule has 0 bridgehead atoms. The van der Waals surface area contributed by atoms with E-state index in [0.717, 1.165) is 45.1 Å². The molecule has 0 saturated carbocycles. The average Bonchev–Trinajstić information content (AvgIpc) is 2.45. The van der Waals surface area contributed by atoms with Gasteiger partial charge in [-0.15, -0.1) is 0 Å². The Morgan fingerprint density at radius 1 is 1.24 bits per heavy atom. The number of para-hydroxylation sites is 1. The normalized spacial score (nSPS) is 23.2. The highest BCUT2D eigenvalue weighted by Crippen LogP contribution is 2.18. The summed E-state index contributed by atoms with van der Waals surface area (Å²) in [5.41, 5.74) is 1.23. The van der Waals surface area contributed by atoms with Crippen LogP contribution in [0.2, 0.25) is 0 Å². The van der Waals surface area contributed by atoms with Crippen LogP contribution in [0.1, 0.15) is 26.3 Å². The molecule has 0 amide bonds. The first kappa shape index (κ1) is 16.3. The van der Waals surface area contributed by atoms with Crippen LogP contribution in [0.5, 0.6) is 5.75 Å². The maximum absolute atomic E-state index is 5.98. The Balaban J connectivity index is 1.80. The average molecular weight is 292 g/mol. The van der Waals surface area contributed by atoms with Crippen molar-refractivity contribution in [3.63, 3.8) is 0 Å². The lowest BCUT2D eigenvalue weighted by Gasteiger charge is -2.35. The largest absolute Gasteiger partial charge is 0.492 e. The van der Waals surface area contributed by atoms with E-state index in [0.29, 0.717) is 12.2 Å². The van der Waals surface area contributed by atoms with E-state index in [9.17, 15) is 0 Å². The summed E-state index contributed by atoms with van der Waals surface area (Å²) in [6, 6.07) is 8.27. The summed E-state index contributed by atoms with van der Waals surface area (Å²) in [4.78, 5) is 2.42. The van der Waals surface area contributed by atoms with E-state index in [1.165, 1.54) is 5.56 Å². The lowest BCUT2D eigenvalue weighted by Crippen LogP contribution is -2.46. The van der Waals surface area contributed by atoms with Gasteiger partial charge in [0.05, 0.1) is 12.2 Å². The molecule has 2 rings (SSSR count). The molecule has 4 nitrogen and oxygen atoms in total. The first-order valence-corrected chi connectivity index (χ1v) is 7.98. The minimum atomic E-state index is 0.315. The Morgan fingerprint density at radius 3 is 2.67 bits per heavy atom. The zero-order chi connectivity index (χ0) is 15.1. The fourth-order valence-corrected chi connectivity index (χ4v) is 2.80. The molecule has 0 unspecified atom stereocenters. The van der Waals surface area contributed by atoms with Gasteiger partial charge in [-0.25, -0.2) is 0 Å². The second-order valence-corrected chi connectivity index (χ2v) is 5.75. The zero-order valence-corrected chi connectivity index (χ0v) is 13.5. The van der Waals surface area contributed by atoms with Crippen molar-refractivity contribution in [1.82, 2.24) is 10.2 Å². The molecule has 4 heteroatoms. The van der Waals surface area contributed by atoms with Gasteiger partial charge in [0.15, 0.2) is 0 Å². The van der Waals surface area contributed by atoms with Crippen molar-refractivity contribution in [3.05, 3.63) is 29.8 Å². The molecule has 1 aromatic rings. The number of nitrogens with zero attached hydrogens (tertiary/aromatic N) is 1. The topological polar surface area (TPSA) is 33.7 Å². The lowest BCUT2D eigenvalue weighted by molar-refractivity contribution is -0.0699. The Morgan fingerprint density at radius 2 is 1.95 bits per heavy atom. The molecule has 0 radical (unpaired) electrons. The van der Waals surface area contributed by atoms with Gasteiger partial charge in [0.1, 0.15) is 12.4 Å². The molecule has 0 aromatic heterocycles. The maximum Gasteiger partial charge on any atom is 0.123 e. The Bertz CT molecular complexity index is 415. The van der Waals surface area contributed by atoms with Crippen LogP contribution in [0, 0.1) is 0 Å². The molecule has 1 aliphatic rings. The predicted octanol–water partition coefficient (Wildman–Crippen LogP) is 2.28. The fraction of sp³-hybridized carbons (Fsp3) is 0.647. The number of morpholine rings is 1. The zero-order valence-electron chi connectivity index (χ0n) is 13.5. The molecule has 1 saturated heterocycles. The molecular weight excluding hydrogens is 264 g/mol. The third-order valence-electron chi connectivity index (χ3n) is 3.70. The van der Waals surface area contributed by atoms with Gasteiger partial charge < -0.3 is 14.8 Å². The van der Waals surface area contributed by atoms with Crippen molar-refractivity contribution >= 4 is 0 Å². The van der Waals surface area contributed by atoms with Gasteiger partial charge in [0.2, 0.25) is 0 Å². The van der Waals surface area contributed by atoms with Crippen LogP contribution < -0.4 is 10.1 Å². The molecule has 1 aliphatic heterocycles. The molecule has 0 spiro atoms. The molecule has 1 N–H and O–H groups in total. The summed E-state index contributed by atoms with van der Waals surface area (Å²) in [6.07, 6.45) is 0.629. The molecule has 0 aliphatic carbocycles. The third-order valence-corrected chi connectivity index (χ3v) is 3.70. The van der Waals surface area contributed by atoms with E-state index in [1.807, 2.05) is 6.07 Å². The van der Waals surface area contributed by atoms with Crippen LogP contribution in [0.4, 0.5) is 0 Å². The van der Waals surface area contributed by atoms with Gasteiger partial charge in [0, 0.05) is 31.7 Å². The minimum Gasteiger partial charge on any atom is -0.492 e. The van der Waals surface area contributed by atoms with Crippen molar-refractivity contribution in [2.24, 2.45) is 0 Å². The molecule has 1 aromatic carbocycles. The summed E-state index contributed by atoms with van der Waals surface area (Å²) >= 11 is 0. The highest BCUT2D eigenvalue weighted by molar-refractivity contribution is 5.33. The fourth-order valence-electron chi connectivity index (χ4n) is 2.80.